The Hall–Kier alpha value is -1.91. The van der Waals surface area contributed by atoms with Gasteiger partial charge in [-0.15, -0.1) is 0 Å². The van der Waals surface area contributed by atoms with Crippen molar-refractivity contribution in [3.8, 4) is 0 Å². The molecule has 0 bridgehead atoms. The number of carbonyl (C=O) groups is 1. The minimum atomic E-state index is -0.0596. The van der Waals surface area contributed by atoms with Gasteiger partial charge in [0.05, 0.1) is 0 Å². The number of hydrogen-bond acceptors (Lipinski definition) is 3. The van der Waals surface area contributed by atoms with Crippen molar-refractivity contribution in [3.05, 3.63) is 24.2 Å². The summed E-state index contributed by atoms with van der Waals surface area (Å²) in [7, 11) is 0. The van der Waals surface area contributed by atoms with Crippen LogP contribution < -0.4 is 5.32 Å². The maximum Gasteiger partial charge on any atom is 0.328 e. The average molecular weight is 270 g/mol. The molecule has 2 aliphatic rings. The Bertz CT molecular complexity index is 653. The molecule has 0 atom stereocenters. The van der Waals surface area contributed by atoms with Gasteiger partial charge in [-0.3, -0.25) is 0 Å². The summed E-state index contributed by atoms with van der Waals surface area (Å²) >= 11 is 0. The van der Waals surface area contributed by atoms with Crippen LogP contribution in [0.1, 0.15) is 50.3 Å². The summed E-state index contributed by atoms with van der Waals surface area (Å²) in [6.07, 6.45) is 8.61. The number of fused-ring (bicyclic) bond motifs is 1. The molecule has 0 saturated heterocycles. The highest BCUT2D eigenvalue weighted by Crippen LogP contribution is 2.34. The van der Waals surface area contributed by atoms with E-state index < -0.39 is 0 Å². The molecule has 5 heteroatoms. The maximum absolute atomic E-state index is 12.5. The van der Waals surface area contributed by atoms with Crippen LogP contribution in [0, 0.1) is 0 Å². The van der Waals surface area contributed by atoms with Gasteiger partial charge in [-0.25, -0.2) is 19.3 Å². The molecule has 2 aromatic heterocycles. The number of hydrogen-bond donors (Lipinski definition) is 1. The lowest BCUT2D eigenvalue weighted by molar-refractivity contribution is 0.241. The first-order valence-corrected chi connectivity index (χ1v) is 7.47. The predicted octanol–water partition coefficient (Wildman–Crippen LogP) is 2.81. The normalized spacial score (nSPS) is 19.6. The number of carbonyl (C=O) groups excluding carboxylic acids is 1. The maximum atomic E-state index is 12.5. The second-order valence-electron chi connectivity index (χ2n) is 5.86. The van der Waals surface area contributed by atoms with Crippen molar-refractivity contribution in [2.45, 2.75) is 50.5 Å². The molecule has 0 radical (unpaired) electrons. The van der Waals surface area contributed by atoms with Gasteiger partial charge in [0, 0.05) is 18.2 Å². The number of pyridine rings is 1. The molecule has 0 spiro atoms. The summed E-state index contributed by atoms with van der Waals surface area (Å²) in [6, 6.07) is 4.09. The smallest absolute Gasteiger partial charge is 0.328 e. The van der Waals surface area contributed by atoms with Gasteiger partial charge in [0.25, 0.3) is 0 Å². The number of nitrogens with zero attached hydrogens (tertiary/aromatic N) is 3. The SMILES string of the molecule is O=C(NC1CC1)n1c(C2CCCC2)nc2cccnc21. The van der Waals surface area contributed by atoms with Gasteiger partial charge in [0.15, 0.2) is 5.65 Å². The Kier molecular flexibility index (Phi) is 2.72. The average Bonchev–Trinajstić information content (AvgIpc) is 2.99. The number of amides is 1. The van der Waals surface area contributed by atoms with Crippen LogP contribution in [-0.4, -0.2) is 26.6 Å². The van der Waals surface area contributed by atoms with Crippen LogP contribution >= 0.6 is 0 Å². The number of rotatable bonds is 2. The van der Waals surface area contributed by atoms with E-state index in [2.05, 4.69) is 15.3 Å². The Labute approximate surface area is 117 Å². The van der Waals surface area contributed by atoms with Gasteiger partial charge >= 0.3 is 6.03 Å². The highest BCUT2D eigenvalue weighted by Gasteiger charge is 2.30. The molecular formula is C15H18N4O. The standard InChI is InChI=1S/C15H18N4O/c20-15(17-11-7-8-11)19-13(10-4-1-2-5-10)18-12-6-3-9-16-14(12)19/h3,6,9-11H,1-2,4-5,7-8H2,(H,17,20). The minimum absolute atomic E-state index is 0.0596. The third-order valence-corrected chi connectivity index (χ3v) is 4.27. The molecule has 1 N–H and O–H groups in total. The van der Waals surface area contributed by atoms with Gasteiger partial charge in [0.2, 0.25) is 0 Å². The van der Waals surface area contributed by atoms with Crippen molar-refractivity contribution in [1.29, 1.82) is 0 Å². The fraction of sp³-hybridized carbons (Fsp3) is 0.533. The first kappa shape index (κ1) is 11.9. The molecule has 2 aromatic rings. The zero-order chi connectivity index (χ0) is 13.5. The third-order valence-electron chi connectivity index (χ3n) is 4.27. The Balaban J connectivity index is 1.80. The Morgan fingerprint density at radius 2 is 2.05 bits per heavy atom. The number of nitrogens with one attached hydrogen (secondary N) is 1. The molecule has 5 nitrogen and oxygen atoms in total. The minimum Gasteiger partial charge on any atom is -0.335 e. The Morgan fingerprint density at radius 1 is 1.25 bits per heavy atom. The van der Waals surface area contributed by atoms with Gasteiger partial charge in [-0.1, -0.05) is 12.8 Å². The van der Waals surface area contributed by atoms with Crippen LogP contribution in [0.2, 0.25) is 0 Å². The van der Waals surface area contributed by atoms with Gasteiger partial charge < -0.3 is 5.32 Å². The molecule has 4 rings (SSSR count). The summed E-state index contributed by atoms with van der Waals surface area (Å²) < 4.78 is 1.71. The first-order valence-electron chi connectivity index (χ1n) is 7.47. The van der Waals surface area contributed by atoms with Crippen molar-refractivity contribution in [3.63, 3.8) is 0 Å². The number of imidazole rings is 1. The van der Waals surface area contributed by atoms with E-state index in [-0.39, 0.29) is 6.03 Å². The largest absolute Gasteiger partial charge is 0.335 e. The molecule has 0 unspecified atom stereocenters. The van der Waals surface area contributed by atoms with E-state index in [1.807, 2.05) is 12.1 Å². The molecule has 2 saturated carbocycles. The molecule has 20 heavy (non-hydrogen) atoms. The molecule has 0 aromatic carbocycles. The van der Waals surface area contributed by atoms with Crippen LogP contribution in [0.15, 0.2) is 18.3 Å². The summed E-state index contributed by atoms with van der Waals surface area (Å²) in [6.45, 7) is 0. The van der Waals surface area contributed by atoms with Crippen molar-refractivity contribution >= 4 is 17.2 Å². The fourth-order valence-corrected chi connectivity index (χ4v) is 3.05. The summed E-state index contributed by atoms with van der Waals surface area (Å²) in [5.74, 6) is 1.29. The summed E-state index contributed by atoms with van der Waals surface area (Å²) in [5, 5.41) is 3.06. The summed E-state index contributed by atoms with van der Waals surface area (Å²) in [5.41, 5.74) is 1.51. The zero-order valence-electron chi connectivity index (χ0n) is 11.4. The molecule has 104 valence electrons. The van der Waals surface area contributed by atoms with E-state index in [1.54, 1.807) is 10.8 Å². The second-order valence-corrected chi connectivity index (χ2v) is 5.86. The van der Waals surface area contributed by atoms with Crippen LogP contribution in [0.3, 0.4) is 0 Å². The lowest BCUT2D eigenvalue weighted by Gasteiger charge is -2.12. The first-order chi connectivity index (χ1) is 9.83. The van der Waals surface area contributed by atoms with Crippen LogP contribution in [-0.2, 0) is 0 Å². The zero-order valence-corrected chi connectivity index (χ0v) is 11.4. The van der Waals surface area contributed by atoms with E-state index in [9.17, 15) is 4.79 Å². The highest BCUT2D eigenvalue weighted by molar-refractivity contribution is 5.88. The molecular weight excluding hydrogens is 252 g/mol. The second kappa shape index (κ2) is 4.58. The number of aromatic nitrogens is 3. The monoisotopic (exact) mass is 270 g/mol. The molecule has 1 amide bonds. The van der Waals surface area contributed by atoms with E-state index in [0.717, 1.165) is 37.0 Å². The summed E-state index contributed by atoms with van der Waals surface area (Å²) in [4.78, 5) is 21.6. The van der Waals surface area contributed by atoms with Crippen LogP contribution in [0.5, 0.6) is 0 Å². The van der Waals surface area contributed by atoms with Crippen LogP contribution in [0.4, 0.5) is 4.79 Å². The molecule has 2 fully saturated rings. The van der Waals surface area contributed by atoms with E-state index >= 15 is 0 Å². The Morgan fingerprint density at radius 3 is 2.80 bits per heavy atom. The predicted molar refractivity (Wildman–Crippen MR) is 75.7 cm³/mol. The fourth-order valence-electron chi connectivity index (χ4n) is 3.05. The van der Waals surface area contributed by atoms with Crippen LogP contribution in [0.25, 0.3) is 11.2 Å². The van der Waals surface area contributed by atoms with E-state index in [4.69, 9.17) is 0 Å². The lowest BCUT2D eigenvalue weighted by Crippen LogP contribution is -2.32. The van der Waals surface area contributed by atoms with E-state index in [1.165, 1.54) is 12.8 Å². The van der Waals surface area contributed by atoms with Crippen molar-refractivity contribution in [2.75, 3.05) is 0 Å². The highest BCUT2D eigenvalue weighted by atomic mass is 16.2. The van der Waals surface area contributed by atoms with Gasteiger partial charge in [0.1, 0.15) is 11.3 Å². The third kappa shape index (κ3) is 1.97. The van der Waals surface area contributed by atoms with Crippen molar-refractivity contribution in [2.24, 2.45) is 0 Å². The van der Waals surface area contributed by atoms with Gasteiger partial charge in [-0.05, 0) is 37.8 Å². The van der Waals surface area contributed by atoms with E-state index in [0.29, 0.717) is 17.6 Å². The van der Waals surface area contributed by atoms with Crippen molar-refractivity contribution < 1.29 is 4.79 Å². The molecule has 0 aliphatic heterocycles. The topological polar surface area (TPSA) is 59.8 Å². The molecule has 2 heterocycles. The molecule has 2 aliphatic carbocycles. The quantitative estimate of drug-likeness (QED) is 0.912. The van der Waals surface area contributed by atoms with Gasteiger partial charge in [-0.2, -0.15) is 0 Å². The lowest BCUT2D eigenvalue weighted by atomic mass is 10.1. The van der Waals surface area contributed by atoms with Crippen molar-refractivity contribution in [1.82, 2.24) is 19.9 Å².